The Bertz CT molecular complexity index is 1200. The summed E-state index contributed by atoms with van der Waals surface area (Å²) in [5.41, 5.74) is 0.436. The summed E-state index contributed by atoms with van der Waals surface area (Å²) in [5, 5.41) is 1.28. The van der Waals surface area contributed by atoms with Gasteiger partial charge in [-0.1, -0.05) is 30.6 Å². The van der Waals surface area contributed by atoms with Crippen LogP contribution in [0.15, 0.2) is 34.1 Å². The van der Waals surface area contributed by atoms with Crippen LogP contribution >= 0.6 is 23.1 Å². The first kappa shape index (κ1) is 19.5. The first-order valence-corrected chi connectivity index (χ1v) is 13.2. The maximum Gasteiger partial charge on any atom is 0.305 e. The summed E-state index contributed by atoms with van der Waals surface area (Å²) >= 11 is 3.12. The van der Waals surface area contributed by atoms with Crippen molar-refractivity contribution in [3.8, 4) is 0 Å². The number of imide groups is 1. The number of thioether (sulfide) groups is 1. The molecule has 5 nitrogen and oxygen atoms in total. The number of hydrogen-bond donors (Lipinski definition) is 1. The highest BCUT2D eigenvalue weighted by molar-refractivity contribution is 8.00. The topological polar surface area (TPSA) is 70.2 Å². The number of nitrogens with one attached hydrogen (secondary N) is 1. The number of carbonyl (C=O) groups excluding carboxylic acids is 2. The average molecular weight is 471 g/mol. The highest BCUT2D eigenvalue weighted by Crippen LogP contribution is 2.71. The highest BCUT2D eigenvalue weighted by atomic mass is 32.2. The number of halogens is 1. The summed E-state index contributed by atoms with van der Waals surface area (Å²) in [7, 11) is 0. The van der Waals surface area contributed by atoms with E-state index >= 15 is 0 Å². The summed E-state index contributed by atoms with van der Waals surface area (Å²) in [4.78, 5) is 45.1. The zero-order chi connectivity index (χ0) is 21.8. The molecule has 1 saturated heterocycles. The van der Waals surface area contributed by atoms with Crippen LogP contribution in [0.25, 0.3) is 0 Å². The summed E-state index contributed by atoms with van der Waals surface area (Å²) in [6.45, 7) is 0. The van der Waals surface area contributed by atoms with E-state index in [0.717, 1.165) is 37.1 Å². The molecule has 0 unspecified atom stereocenters. The van der Waals surface area contributed by atoms with Gasteiger partial charge in [0.05, 0.1) is 22.5 Å². The lowest BCUT2D eigenvalue weighted by atomic mass is 9.57. The molecule has 6 atom stereocenters. The third-order valence-corrected chi connectivity index (χ3v) is 11.6. The van der Waals surface area contributed by atoms with Gasteiger partial charge in [-0.05, 0) is 61.3 Å². The molecule has 32 heavy (non-hydrogen) atoms. The molecule has 7 rings (SSSR count). The van der Waals surface area contributed by atoms with E-state index in [-0.39, 0.29) is 56.8 Å². The van der Waals surface area contributed by atoms with Crippen molar-refractivity contribution < 1.29 is 14.0 Å². The van der Waals surface area contributed by atoms with E-state index in [1.165, 1.54) is 51.8 Å². The molecule has 1 aromatic heterocycles. The molecule has 2 amide bonds. The van der Waals surface area contributed by atoms with Gasteiger partial charge < -0.3 is 4.98 Å². The van der Waals surface area contributed by atoms with Crippen molar-refractivity contribution in [2.24, 2.45) is 29.6 Å². The molecule has 1 spiro atoms. The molecule has 2 bridgehead atoms. The van der Waals surface area contributed by atoms with Gasteiger partial charge in [0, 0.05) is 15.5 Å². The molecule has 8 heteroatoms. The minimum atomic E-state index is -0.380. The lowest BCUT2D eigenvalue weighted by molar-refractivity contribution is -0.123. The number of nitrogens with zero attached hydrogens (tertiary/aromatic N) is 1. The monoisotopic (exact) mass is 470 g/mol. The maximum atomic E-state index is 13.6. The minimum Gasteiger partial charge on any atom is -0.307 e. The number of hydrogen-bond acceptors (Lipinski definition) is 5. The van der Waals surface area contributed by atoms with Crippen LogP contribution in [0, 0.1) is 35.4 Å². The van der Waals surface area contributed by atoms with Gasteiger partial charge in [0.15, 0.2) is 0 Å². The molecule has 3 aliphatic carbocycles. The molecule has 3 heterocycles. The van der Waals surface area contributed by atoms with Crippen molar-refractivity contribution in [1.82, 2.24) is 4.98 Å². The van der Waals surface area contributed by atoms with Gasteiger partial charge in [-0.3, -0.25) is 19.3 Å². The van der Waals surface area contributed by atoms with Crippen molar-refractivity contribution in [1.29, 1.82) is 0 Å². The van der Waals surface area contributed by atoms with Gasteiger partial charge in [0.2, 0.25) is 11.8 Å². The zero-order valence-electron chi connectivity index (χ0n) is 17.4. The van der Waals surface area contributed by atoms with Crippen LogP contribution in [0.1, 0.15) is 43.4 Å². The fraction of sp³-hybridized carbons (Fsp3) is 0.542. The van der Waals surface area contributed by atoms with E-state index in [4.69, 9.17) is 0 Å². The summed E-state index contributed by atoms with van der Waals surface area (Å²) in [6, 6.07) is 5.67. The second-order valence-corrected chi connectivity index (χ2v) is 12.3. The number of benzene rings is 1. The fourth-order valence-corrected chi connectivity index (χ4v) is 11.1. The second kappa shape index (κ2) is 6.56. The standard InChI is InChI=1S/C24H23FN2O3S2/c25-11-4-6-12(7-5-11)27-21(28)15-13-10-14(16(15)22(27)29)18-17(13)24(8-2-1-3-9-24)19-20(31-18)26-23(30)32-19/h4-7,13-18H,1-3,8-10H2,(H,26,30)/t13-,14-,15+,16+,17-,18+/m1/s1. The maximum absolute atomic E-state index is 13.6. The summed E-state index contributed by atoms with van der Waals surface area (Å²) in [5.74, 6) is -0.528. The van der Waals surface area contributed by atoms with E-state index in [0.29, 0.717) is 11.6 Å². The van der Waals surface area contributed by atoms with E-state index in [1.807, 2.05) is 0 Å². The zero-order valence-corrected chi connectivity index (χ0v) is 19.0. The number of amides is 2. The van der Waals surface area contributed by atoms with Crippen LogP contribution in [0.4, 0.5) is 10.1 Å². The SMILES string of the molecule is O=C1[C@H]2[C@H]3C[C@@H]([C@@H]4Sc5[nH]c(=O)sc5C5(CCCCC5)[C@H]34)[C@@H]2C(=O)N1c1ccc(F)cc1. The van der Waals surface area contributed by atoms with Crippen LogP contribution in [0.5, 0.6) is 0 Å². The smallest absolute Gasteiger partial charge is 0.305 e. The number of anilines is 1. The van der Waals surface area contributed by atoms with Gasteiger partial charge in [-0.25, -0.2) is 4.39 Å². The van der Waals surface area contributed by atoms with Gasteiger partial charge >= 0.3 is 4.87 Å². The molecular weight excluding hydrogens is 447 g/mol. The van der Waals surface area contributed by atoms with Gasteiger partial charge in [-0.15, -0.1) is 11.8 Å². The third-order valence-electron chi connectivity index (χ3n) is 8.89. The van der Waals surface area contributed by atoms with Crippen molar-refractivity contribution in [2.75, 3.05) is 4.90 Å². The Labute approximate surface area is 192 Å². The third kappa shape index (κ3) is 2.32. The molecular formula is C24H23FN2O3S2. The Morgan fingerprint density at radius 1 is 0.969 bits per heavy atom. The number of thiazole rings is 1. The normalized spacial score (nSPS) is 36.5. The van der Waals surface area contributed by atoms with Crippen molar-refractivity contribution in [2.45, 2.75) is 54.2 Å². The molecule has 5 aliphatic rings. The molecule has 1 aromatic carbocycles. The summed E-state index contributed by atoms with van der Waals surface area (Å²) in [6.07, 6.45) is 6.59. The van der Waals surface area contributed by atoms with Crippen molar-refractivity contribution in [3.63, 3.8) is 0 Å². The van der Waals surface area contributed by atoms with Crippen molar-refractivity contribution in [3.05, 3.63) is 44.6 Å². The number of carbonyl (C=O) groups is 2. The van der Waals surface area contributed by atoms with Crippen LogP contribution in [0.2, 0.25) is 0 Å². The molecule has 4 fully saturated rings. The van der Waals surface area contributed by atoms with Gasteiger partial charge in [0.1, 0.15) is 5.82 Å². The highest BCUT2D eigenvalue weighted by Gasteiger charge is 2.72. The predicted octanol–water partition coefficient (Wildman–Crippen LogP) is 4.32. The predicted molar refractivity (Wildman–Crippen MR) is 120 cm³/mol. The number of rotatable bonds is 1. The van der Waals surface area contributed by atoms with E-state index in [2.05, 4.69) is 4.98 Å². The number of fused-ring (bicyclic) bond motifs is 11. The molecule has 2 aliphatic heterocycles. The van der Waals surface area contributed by atoms with E-state index < -0.39 is 0 Å². The number of aromatic nitrogens is 1. The molecule has 3 saturated carbocycles. The van der Waals surface area contributed by atoms with Gasteiger partial charge in [0.25, 0.3) is 0 Å². The average Bonchev–Trinajstić information content (AvgIpc) is 3.51. The molecule has 166 valence electrons. The lowest BCUT2D eigenvalue weighted by Crippen LogP contribution is -2.51. The lowest BCUT2D eigenvalue weighted by Gasteiger charge is -2.52. The number of aromatic amines is 1. The molecule has 1 N–H and O–H groups in total. The Hall–Kier alpha value is -1.93. The van der Waals surface area contributed by atoms with Crippen LogP contribution in [0.3, 0.4) is 0 Å². The Balaban J connectivity index is 1.32. The van der Waals surface area contributed by atoms with E-state index in [1.54, 1.807) is 11.8 Å². The molecule has 0 radical (unpaired) electrons. The largest absolute Gasteiger partial charge is 0.307 e. The Kier molecular flexibility index (Phi) is 4.01. The fourth-order valence-electron chi connectivity index (χ4n) is 7.92. The molecule has 2 aromatic rings. The first-order chi connectivity index (χ1) is 15.5. The second-order valence-electron chi connectivity index (χ2n) is 10.1. The van der Waals surface area contributed by atoms with Gasteiger partial charge in [-0.2, -0.15) is 0 Å². The quantitative estimate of drug-likeness (QED) is 0.630. The van der Waals surface area contributed by atoms with Crippen LogP contribution < -0.4 is 9.77 Å². The number of H-pyrrole nitrogens is 1. The van der Waals surface area contributed by atoms with E-state index in [9.17, 15) is 18.8 Å². The minimum absolute atomic E-state index is 0.00889. The Morgan fingerprint density at radius 2 is 1.66 bits per heavy atom. The Morgan fingerprint density at radius 3 is 2.38 bits per heavy atom. The summed E-state index contributed by atoms with van der Waals surface area (Å²) < 4.78 is 13.4. The van der Waals surface area contributed by atoms with Crippen LogP contribution in [-0.2, 0) is 15.0 Å². The first-order valence-electron chi connectivity index (χ1n) is 11.5. The van der Waals surface area contributed by atoms with Crippen molar-refractivity contribution >= 4 is 40.6 Å². The van der Waals surface area contributed by atoms with Crippen LogP contribution in [-0.4, -0.2) is 22.0 Å².